The molecule has 0 bridgehead atoms. The number of hydrogen-bond donors (Lipinski definition) is 1. The van der Waals surface area contributed by atoms with Crippen molar-refractivity contribution < 1.29 is 23.5 Å². The zero-order valence-corrected chi connectivity index (χ0v) is 23.0. The predicted octanol–water partition coefficient (Wildman–Crippen LogP) is 5.91. The van der Waals surface area contributed by atoms with E-state index in [2.05, 4.69) is 15.5 Å². The Balaban J connectivity index is 1.42. The number of nitrogens with one attached hydrogen (secondary N) is 1. The fourth-order valence-corrected chi connectivity index (χ4v) is 6.54. The van der Waals surface area contributed by atoms with Gasteiger partial charge >= 0.3 is 5.97 Å². The number of nitrogens with zero attached hydrogens (tertiary/aromatic N) is 3. The van der Waals surface area contributed by atoms with Crippen LogP contribution in [0.4, 0.5) is 9.39 Å². The van der Waals surface area contributed by atoms with Crippen molar-refractivity contribution in [2.45, 2.75) is 63.8 Å². The second-order valence-corrected chi connectivity index (χ2v) is 10.9. The van der Waals surface area contributed by atoms with Gasteiger partial charge in [0.05, 0.1) is 23.4 Å². The lowest BCUT2D eigenvalue weighted by Gasteiger charge is -2.11. The van der Waals surface area contributed by atoms with Gasteiger partial charge in [0.2, 0.25) is 5.91 Å². The van der Waals surface area contributed by atoms with Crippen molar-refractivity contribution in [2.75, 3.05) is 18.2 Å². The van der Waals surface area contributed by atoms with Crippen LogP contribution in [0.15, 0.2) is 23.4 Å². The van der Waals surface area contributed by atoms with Crippen LogP contribution in [0.25, 0.3) is 0 Å². The van der Waals surface area contributed by atoms with Crippen molar-refractivity contribution in [3.05, 3.63) is 50.9 Å². The van der Waals surface area contributed by atoms with E-state index in [1.807, 2.05) is 11.5 Å². The summed E-state index contributed by atoms with van der Waals surface area (Å²) in [7, 11) is 1.36. The smallest absolute Gasteiger partial charge is 0.341 e. The Morgan fingerprint density at radius 2 is 2.00 bits per heavy atom. The number of carbonyl (C=O) groups is 2. The Kier molecular flexibility index (Phi) is 9.44. The summed E-state index contributed by atoms with van der Waals surface area (Å²) in [6, 6.07) is 3.91. The van der Waals surface area contributed by atoms with Gasteiger partial charge < -0.3 is 19.4 Å². The summed E-state index contributed by atoms with van der Waals surface area (Å²) in [6.45, 7) is 2.59. The third kappa shape index (κ3) is 6.63. The zero-order chi connectivity index (χ0) is 26.4. The van der Waals surface area contributed by atoms with Gasteiger partial charge in [-0.25, -0.2) is 9.18 Å². The van der Waals surface area contributed by atoms with Crippen LogP contribution < -0.4 is 10.1 Å². The molecule has 8 nitrogen and oxygen atoms in total. The van der Waals surface area contributed by atoms with Gasteiger partial charge in [-0.05, 0) is 56.4 Å². The molecule has 1 aromatic carbocycles. The highest BCUT2D eigenvalue weighted by Crippen LogP contribution is 2.37. The first kappa shape index (κ1) is 27.4. The number of thiophene rings is 1. The van der Waals surface area contributed by atoms with Crippen molar-refractivity contribution in [3.8, 4) is 5.75 Å². The molecule has 4 rings (SSSR count). The second kappa shape index (κ2) is 12.7. The van der Waals surface area contributed by atoms with E-state index < -0.39 is 11.8 Å². The second-order valence-electron chi connectivity index (χ2n) is 8.46. The molecule has 0 atom stereocenters. The number of halogens is 2. The lowest BCUT2D eigenvalue weighted by Crippen LogP contribution is -2.17. The number of amides is 1. The van der Waals surface area contributed by atoms with E-state index in [0.29, 0.717) is 33.8 Å². The molecule has 2 aromatic heterocycles. The molecular formula is C25H28ClFN4O4S2. The summed E-state index contributed by atoms with van der Waals surface area (Å²) in [5, 5.41) is 12.6. The molecular weight excluding hydrogens is 539 g/mol. The number of anilines is 1. The Bertz CT molecular complexity index is 1280. The topological polar surface area (TPSA) is 95.3 Å². The summed E-state index contributed by atoms with van der Waals surface area (Å²) in [4.78, 5) is 26.6. The van der Waals surface area contributed by atoms with Gasteiger partial charge in [-0.1, -0.05) is 36.2 Å². The number of rotatable bonds is 9. The van der Waals surface area contributed by atoms with E-state index in [1.165, 1.54) is 54.8 Å². The fourth-order valence-electron chi connectivity index (χ4n) is 4.20. The molecule has 37 heavy (non-hydrogen) atoms. The van der Waals surface area contributed by atoms with Crippen LogP contribution in [0.1, 0.15) is 59.2 Å². The molecule has 0 saturated heterocycles. The fraction of sp³-hybridized carbons (Fsp3) is 0.440. The van der Waals surface area contributed by atoms with Gasteiger partial charge in [0.1, 0.15) is 23.2 Å². The minimum Gasteiger partial charge on any atom is -0.484 e. The number of carbonyl (C=O) groups excluding carboxylic acids is 2. The molecule has 0 saturated carbocycles. The van der Waals surface area contributed by atoms with Gasteiger partial charge in [0.15, 0.2) is 11.0 Å². The maximum Gasteiger partial charge on any atom is 0.341 e. The third-order valence-electron chi connectivity index (χ3n) is 6.01. The van der Waals surface area contributed by atoms with E-state index in [0.717, 1.165) is 42.5 Å². The molecule has 0 radical (unpaired) electrons. The van der Waals surface area contributed by atoms with Crippen molar-refractivity contribution >= 4 is 51.6 Å². The van der Waals surface area contributed by atoms with Crippen LogP contribution >= 0.6 is 34.7 Å². The van der Waals surface area contributed by atoms with E-state index in [1.54, 1.807) is 0 Å². The minimum atomic E-state index is -0.446. The first-order valence-corrected chi connectivity index (χ1v) is 14.2. The quantitative estimate of drug-likeness (QED) is 0.254. The number of hydrogen-bond acceptors (Lipinski definition) is 8. The standard InChI is InChI=1S/C25H28ClFN4O4S2/c1-3-31-20(13-35-18-11-10-15(27)12-17(18)26)29-30-25(31)36-14-21(32)28-23-22(24(33)34-2)16-8-6-4-5-7-9-19(16)37-23/h10-12H,3-9,13-14H2,1-2H3,(H,28,32). The summed E-state index contributed by atoms with van der Waals surface area (Å²) in [5.41, 5.74) is 1.49. The highest BCUT2D eigenvalue weighted by Gasteiger charge is 2.26. The molecule has 1 amide bonds. The predicted molar refractivity (Wildman–Crippen MR) is 142 cm³/mol. The van der Waals surface area contributed by atoms with Gasteiger partial charge in [0.25, 0.3) is 0 Å². The number of aromatic nitrogens is 3. The summed E-state index contributed by atoms with van der Waals surface area (Å²) in [5.74, 6) is -0.126. The van der Waals surface area contributed by atoms with Crippen LogP contribution in [-0.2, 0) is 35.5 Å². The molecule has 0 spiro atoms. The number of methoxy groups -OCH3 is 1. The zero-order valence-electron chi connectivity index (χ0n) is 20.6. The Morgan fingerprint density at radius 3 is 2.73 bits per heavy atom. The number of fused-ring (bicyclic) bond motifs is 1. The van der Waals surface area contributed by atoms with E-state index in [9.17, 15) is 14.0 Å². The molecule has 1 aliphatic rings. The molecule has 198 valence electrons. The number of ether oxygens (including phenoxy) is 2. The minimum absolute atomic E-state index is 0.0855. The summed E-state index contributed by atoms with van der Waals surface area (Å²) >= 11 is 8.74. The summed E-state index contributed by atoms with van der Waals surface area (Å²) < 4.78 is 25.8. The average molecular weight is 567 g/mol. The molecule has 1 aliphatic carbocycles. The molecule has 0 unspecified atom stereocenters. The Labute approximate surface area is 227 Å². The van der Waals surface area contributed by atoms with Crippen LogP contribution in [0.5, 0.6) is 5.75 Å². The first-order chi connectivity index (χ1) is 17.9. The molecule has 3 aromatic rings. The van der Waals surface area contributed by atoms with Gasteiger partial charge in [-0.2, -0.15) is 0 Å². The lowest BCUT2D eigenvalue weighted by atomic mass is 9.96. The van der Waals surface area contributed by atoms with Crippen LogP contribution in [0.2, 0.25) is 5.02 Å². The van der Waals surface area contributed by atoms with Crippen molar-refractivity contribution in [1.29, 1.82) is 0 Å². The normalized spacial score (nSPS) is 13.4. The van der Waals surface area contributed by atoms with Crippen LogP contribution in [0, 0.1) is 5.82 Å². The molecule has 0 aliphatic heterocycles. The van der Waals surface area contributed by atoms with E-state index >= 15 is 0 Å². The highest BCUT2D eigenvalue weighted by atomic mass is 35.5. The van der Waals surface area contributed by atoms with E-state index in [-0.39, 0.29) is 23.3 Å². The molecule has 2 heterocycles. The maximum absolute atomic E-state index is 13.3. The molecule has 0 fully saturated rings. The average Bonchev–Trinajstić information content (AvgIpc) is 3.41. The van der Waals surface area contributed by atoms with Crippen molar-refractivity contribution in [3.63, 3.8) is 0 Å². The number of aryl methyl sites for hydroxylation is 1. The third-order valence-corrected chi connectivity index (χ3v) is 8.48. The molecule has 1 N–H and O–H groups in total. The Hall–Kier alpha value is -2.63. The Morgan fingerprint density at radius 1 is 1.22 bits per heavy atom. The van der Waals surface area contributed by atoms with Crippen LogP contribution in [0.3, 0.4) is 0 Å². The summed E-state index contributed by atoms with van der Waals surface area (Å²) in [6.07, 6.45) is 6.12. The van der Waals surface area contributed by atoms with Crippen LogP contribution in [-0.4, -0.2) is 39.5 Å². The van der Waals surface area contributed by atoms with E-state index in [4.69, 9.17) is 21.1 Å². The molecule has 12 heteroatoms. The van der Waals surface area contributed by atoms with Gasteiger partial charge in [-0.3, -0.25) is 4.79 Å². The number of thioether (sulfide) groups is 1. The lowest BCUT2D eigenvalue weighted by molar-refractivity contribution is -0.113. The maximum atomic E-state index is 13.3. The SMILES string of the molecule is CCn1c(COc2ccc(F)cc2Cl)nnc1SCC(=O)Nc1sc2c(c1C(=O)OC)CCCCCC2. The van der Waals surface area contributed by atoms with Gasteiger partial charge in [-0.15, -0.1) is 21.5 Å². The highest BCUT2D eigenvalue weighted by molar-refractivity contribution is 7.99. The van der Waals surface area contributed by atoms with Crippen molar-refractivity contribution in [1.82, 2.24) is 14.8 Å². The first-order valence-electron chi connectivity index (χ1n) is 12.1. The number of benzene rings is 1. The monoisotopic (exact) mass is 566 g/mol. The largest absolute Gasteiger partial charge is 0.484 e. The van der Waals surface area contributed by atoms with Crippen molar-refractivity contribution in [2.24, 2.45) is 0 Å². The number of esters is 1. The van der Waals surface area contributed by atoms with Gasteiger partial charge in [0, 0.05) is 11.4 Å².